The first-order valence-electron chi connectivity index (χ1n) is 9.94. The van der Waals surface area contributed by atoms with Gasteiger partial charge in [0.1, 0.15) is 5.69 Å². The molecule has 1 aromatic heterocycles. The second kappa shape index (κ2) is 8.03. The Labute approximate surface area is 165 Å². The summed E-state index contributed by atoms with van der Waals surface area (Å²) in [5, 5.41) is 8.36. The fourth-order valence-corrected chi connectivity index (χ4v) is 4.70. The van der Waals surface area contributed by atoms with E-state index < -0.39 is 0 Å². The molecule has 1 N–H and O–H groups in total. The summed E-state index contributed by atoms with van der Waals surface area (Å²) in [6.45, 7) is 3.20. The minimum atomic E-state index is -0.0434. The van der Waals surface area contributed by atoms with E-state index in [0.29, 0.717) is 22.7 Å². The maximum absolute atomic E-state index is 12.8. The van der Waals surface area contributed by atoms with Crippen molar-refractivity contribution in [1.82, 2.24) is 20.0 Å². The van der Waals surface area contributed by atoms with Crippen LogP contribution >= 0.6 is 11.6 Å². The Balaban J connectivity index is 1.42. The van der Waals surface area contributed by atoms with Gasteiger partial charge >= 0.3 is 0 Å². The highest BCUT2D eigenvalue weighted by molar-refractivity contribution is 6.30. The molecule has 3 heterocycles. The van der Waals surface area contributed by atoms with Gasteiger partial charge in [-0.3, -0.25) is 9.48 Å². The lowest BCUT2D eigenvalue weighted by Crippen LogP contribution is -2.51. The number of piperidine rings is 2. The van der Waals surface area contributed by atoms with E-state index in [1.807, 2.05) is 37.4 Å². The number of halogens is 1. The van der Waals surface area contributed by atoms with Gasteiger partial charge in [-0.15, -0.1) is 0 Å². The highest BCUT2D eigenvalue weighted by Crippen LogP contribution is 2.30. The topological polar surface area (TPSA) is 50.2 Å². The summed E-state index contributed by atoms with van der Waals surface area (Å²) in [6.07, 6.45) is 6.36. The predicted molar refractivity (Wildman–Crippen MR) is 108 cm³/mol. The maximum Gasteiger partial charge on any atom is 0.269 e. The second-order valence-electron chi connectivity index (χ2n) is 7.76. The molecule has 2 saturated heterocycles. The lowest BCUT2D eigenvalue weighted by atomic mass is 9.83. The quantitative estimate of drug-likeness (QED) is 0.870. The van der Waals surface area contributed by atoms with Gasteiger partial charge < -0.3 is 10.2 Å². The van der Waals surface area contributed by atoms with E-state index in [9.17, 15) is 4.79 Å². The Bertz CT molecular complexity index is 799. The van der Waals surface area contributed by atoms with Crippen molar-refractivity contribution in [1.29, 1.82) is 0 Å². The first-order chi connectivity index (χ1) is 13.1. The number of carbonyl (C=O) groups excluding carboxylic acids is 1. The van der Waals surface area contributed by atoms with Gasteiger partial charge in [0, 0.05) is 30.2 Å². The standard InChI is InChI=1S/C21H27ClN4O/c1-25-20(13-18(24-25)15-7-9-17(22)10-8-15)21(27)23-14-16-5-4-12-26-11-3-2-6-19(16)26/h7-10,13,16,19H,2-6,11-12,14H2,1H3,(H,23,27). The van der Waals surface area contributed by atoms with Crippen LogP contribution < -0.4 is 5.32 Å². The Morgan fingerprint density at radius 2 is 1.96 bits per heavy atom. The monoisotopic (exact) mass is 386 g/mol. The molecule has 144 valence electrons. The molecule has 5 nitrogen and oxygen atoms in total. The van der Waals surface area contributed by atoms with Gasteiger partial charge in [-0.1, -0.05) is 30.2 Å². The molecule has 4 rings (SSSR count). The lowest BCUT2D eigenvalue weighted by molar-refractivity contribution is 0.0574. The first kappa shape index (κ1) is 18.5. The largest absolute Gasteiger partial charge is 0.350 e. The molecule has 2 fully saturated rings. The molecular weight excluding hydrogens is 360 g/mol. The van der Waals surface area contributed by atoms with Crippen molar-refractivity contribution in [2.75, 3.05) is 19.6 Å². The number of aryl methyl sites for hydroxylation is 1. The van der Waals surface area contributed by atoms with E-state index >= 15 is 0 Å². The van der Waals surface area contributed by atoms with Gasteiger partial charge in [0.2, 0.25) is 0 Å². The molecule has 2 atom stereocenters. The van der Waals surface area contributed by atoms with Gasteiger partial charge in [-0.05, 0) is 62.9 Å². The molecule has 6 heteroatoms. The summed E-state index contributed by atoms with van der Waals surface area (Å²) in [6, 6.07) is 10.0. The van der Waals surface area contributed by atoms with Crippen LogP contribution in [0.15, 0.2) is 30.3 Å². The summed E-state index contributed by atoms with van der Waals surface area (Å²) in [4.78, 5) is 15.4. The number of nitrogens with one attached hydrogen (secondary N) is 1. The number of aromatic nitrogens is 2. The summed E-state index contributed by atoms with van der Waals surface area (Å²) < 4.78 is 1.66. The third-order valence-electron chi connectivity index (χ3n) is 6.01. The summed E-state index contributed by atoms with van der Waals surface area (Å²) >= 11 is 5.96. The zero-order chi connectivity index (χ0) is 18.8. The molecule has 0 bridgehead atoms. The molecule has 2 unspecified atom stereocenters. The Hall–Kier alpha value is -1.85. The molecule has 1 amide bonds. The van der Waals surface area contributed by atoms with Crippen LogP contribution in [0.3, 0.4) is 0 Å². The molecule has 27 heavy (non-hydrogen) atoms. The van der Waals surface area contributed by atoms with Crippen LogP contribution in [0.1, 0.15) is 42.6 Å². The lowest BCUT2D eigenvalue weighted by Gasteiger charge is -2.44. The zero-order valence-corrected chi connectivity index (χ0v) is 16.6. The van der Waals surface area contributed by atoms with Crippen LogP contribution in [0.5, 0.6) is 0 Å². The van der Waals surface area contributed by atoms with Gasteiger partial charge in [0.05, 0.1) is 5.69 Å². The highest BCUT2D eigenvalue weighted by Gasteiger charge is 2.33. The number of hydrogen-bond acceptors (Lipinski definition) is 3. The van der Waals surface area contributed by atoms with Crippen LogP contribution in [-0.4, -0.2) is 46.3 Å². The number of carbonyl (C=O) groups is 1. The van der Waals surface area contributed by atoms with Crippen molar-refractivity contribution >= 4 is 17.5 Å². The summed E-state index contributed by atoms with van der Waals surface area (Å²) in [5.74, 6) is 0.519. The molecule has 2 aliphatic heterocycles. The van der Waals surface area contributed by atoms with Crippen molar-refractivity contribution in [3.05, 3.63) is 41.0 Å². The van der Waals surface area contributed by atoms with Crippen LogP contribution in [0.4, 0.5) is 0 Å². The second-order valence-corrected chi connectivity index (χ2v) is 8.19. The third-order valence-corrected chi connectivity index (χ3v) is 6.26. The minimum Gasteiger partial charge on any atom is -0.350 e. The SMILES string of the molecule is Cn1nc(-c2ccc(Cl)cc2)cc1C(=O)NCC1CCCN2CCCCC12. The van der Waals surface area contributed by atoms with Gasteiger partial charge in [0.15, 0.2) is 0 Å². The average Bonchev–Trinajstić information content (AvgIpc) is 3.08. The van der Waals surface area contributed by atoms with Gasteiger partial charge in [0.25, 0.3) is 5.91 Å². The van der Waals surface area contributed by atoms with E-state index in [1.165, 1.54) is 45.2 Å². The number of benzene rings is 1. The Kier molecular flexibility index (Phi) is 5.50. The molecule has 0 saturated carbocycles. The molecule has 2 aliphatic rings. The van der Waals surface area contributed by atoms with E-state index in [2.05, 4.69) is 15.3 Å². The molecule has 2 aromatic rings. The van der Waals surface area contributed by atoms with Crippen molar-refractivity contribution in [3.8, 4) is 11.3 Å². The van der Waals surface area contributed by atoms with E-state index in [0.717, 1.165) is 17.8 Å². The van der Waals surface area contributed by atoms with Crippen LogP contribution in [0, 0.1) is 5.92 Å². The fourth-order valence-electron chi connectivity index (χ4n) is 4.57. The number of rotatable bonds is 4. The van der Waals surface area contributed by atoms with Crippen molar-refractivity contribution in [2.24, 2.45) is 13.0 Å². The summed E-state index contributed by atoms with van der Waals surface area (Å²) in [7, 11) is 1.82. The smallest absolute Gasteiger partial charge is 0.269 e. The average molecular weight is 387 g/mol. The van der Waals surface area contributed by atoms with Crippen LogP contribution in [0.2, 0.25) is 5.02 Å². The third kappa shape index (κ3) is 4.04. The van der Waals surface area contributed by atoms with Crippen molar-refractivity contribution in [3.63, 3.8) is 0 Å². The molecular formula is C21H27ClN4O. The van der Waals surface area contributed by atoms with Crippen LogP contribution in [0.25, 0.3) is 11.3 Å². The first-order valence-corrected chi connectivity index (χ1v) is 10.3. The predicted octanol–water partition coefficient (Wildman–Crippen LogP) is 3.73. The summed E-state index contributed by atoms with van der Waals surface area (Å²) in [5.41, 5.74) is 2.34. The molecule has 0 spiro atoms. The van der Waals surface area contributed by atoms with Crippen LogP contribution in [-0.2, 0) is 7.05 Å². The van der Waals surface area contributed by atoms with E-state index in [-0.39, 0.29) is 5.91 Å². The zero-order valence-electron chi connectivity index (χ0n) is 15.8. The number of fused-ring (bicyclic) bond motifs is 1. The molecule has 0 aliphatic carbocycles. The Morgan fingerprint density at radius 1 is 1.19 bits per heavy atom. The van der Waals surface area contributed by atoms with E-state index in [4.69, 9.17) is 11.6 Å². The maximum atomic E-state index is 12.8. The number of amides is 1. The van der Waals surface area contributed by atoms with Crippen molar-refractivity contribution < 1.29 is 4.79 Å². The molecule has 0 radical (unpaired) electrons. The van der Waals surface area contributed by atoms with Crippen molar-refractivity contribution in [2.45, 2.75) is 38.1 Å². The highest BCUT2D eigenvalue weighted by atomic mass is 35.5. The fraction of sp³-hybridized carbons (Fsp3) is 0.524. The number of hydrogen-bond donors (Lipinski definition) is 1. The minimum absolute atomic E-state index is 0.0434. The Morgan fingerprint density at radius 3 is 2.78 bits per heavy atom. The normalized spacial score (nSPS) is 23.0. The molecule has 1 aromatic carbocycles. The van der Waals surface area contributed by atoms with E-state index in [1.54, 1.807) is 4.68 Å². The van der Waals surface area contributed by atoms with Gasteiger partial charge in [-0.25, -0.2) is 0 Å². The number of nitrogens with zero attached hydrogens (tertiary/aromatic N) is 3. The van der Waals surface area contributed by atoms with Gasteiger partial charge in [-0.2, -0.15) is 5.10 Å².